The standard InChI is InChI=1S/C11H14N2O3/c1-7-6-8(13-5-4-10(12)14)2-3-9(7)11(15)16/h2-3,6,13H,4-5H2,1H3,(H2,12,14)(H,15,16). The van der Waals surface area contributed by atoms with E-state index in [2.05, 4.69) is 5.32 Å². The van der Waals surface area contributed by atoms with Gasteiger partial charge in [0, 0.05) is 18.7 Å². The summed E-state index contributed by atoms with van der Waals surface area (Å²) >= 11 is 0. The van der Waals surface area contributed by atoms with Gasteiger partial charge < -0.3 is 16.2 Å². The van der Waals surface area contributed by atoms with Crippen molar-refractivity contribution >= 4 is 17.6 Å². The third-order valence-corrected chi connectivity index (χ3v) is 2.16. The van der Waals surface area contributed by atoms with E-state index < -0.39 is 5.97 Å². The zero-order chi connectivity index (χ0) is 12.1. The van der Waals surface area contributed by atoms with Crippen LogP contribution in [0.1, 0.15) is 22.3 Å². The van der Waals surface area contributed by atoms with Gasteiger partial charge in [0.2, 0.25) is 5.91 Å². The average Bonchev–Trinajstić information content (AvgIpc) is 2.16. The highest BCUT2D eigenvalue weighted by Crippen LogP contribution is 2.15. The largest absolute Gasteiger partial charge is 0.478 e. The van der Waals surface area contributed by atoms with E-state index in [0.717, 1.165) is 5.69 Å². The second-order valence-corrected chi connectivity index (χ2v) is 3.48. The van der Waals surface area contributed by atoms with Gasteiger partial charge in [-0.1, -0.05) is 0 Å². The van der Waals surface area contributed by atoms with E-state index in [-0.39, 0.29) is 17.9 Å². The Bertz CT molecular complexity index is 416. The van der Waals surface area contributed by atoms with Gasteiger partial charge in [0.15, 0.2) is 0 Å². The lowest BCUT2D eigenvalue weighted by Crippen LogP contribution is -2.15. The van der Waals surface area contributed by atoms with Gasteiger partial charge in [0.1, 0.15) is 0 Å². The first-order valence-corrected chi connectivity index (χ1v) is 4.87. The fourth-order valence-corrected chi connectivity index (χ4v) is 1.34. The van der Waals surface area contributed by atoms with Crippen LogP contribution in [-0.4, -0.2) is 23.5 Å². The van der Waals surface area contributed by atoms with Crippen molar-refractivity contribution in [2.75, 3.05) is 11.9 Å². The number of carbonyl (C=O) groups is 2. The highest BCUT2D eigenvalue weighted by molar-refractivity contribution is 5.89. The number of benzene rings is 1. The Morgan fingerprint density at radius 2 is 2.12 bits per heavy atom. The average molecular weight is 222 g/mol. The molecular formula is C11H14N2O3. The number of rotatable bonds is 5. The number of carboxylic acids is 1. The lowest BCUT2D eigenvalue weighted by molar-refractivity contribution is -0.117. The molecule has 0 aromatic heterocycles. The van der Waals surface area contributed by atoms with Crippen molar-refractivity contribution in [3.8, 4) is 0 Å². The Hall–Kier alpha value is -2.04. The predicted molar refractivity (Wildman–Crippen MR) is 60.4 cm³/mol. The maximum atomic E-state index is 10.8. The highest BCUT2D eigenvalue weighted by atomic mass is 16.4. The van der Waals surface area contributed by atoms with E-state index in [1.54, 1.807) is 19.1 Å². The summed E-state index contributed by atoms with van der Waals surface area (Å²) in [7, 11) is 0. The fourth-order valence-electron chi connectivity index (χ4n) is 1.34. The molecule has 1 aromatic rings. The van der Waals surface area contributed by atoms with Gasteiger partial charge in [-0.25, -0.2) is 4.79 Å². The molecule has 86 valence electrons. The van der Waals surface area contributed by atoms with Crippen molar-refractivity contribution in [1.82, 2.24) is 0 Å². The third kappa shape index (κ3) is 3.27. The minimum absolute atomic E-state index is 0.250. The van der Waals surface area contributed by atoms with E-state index in [1.165, 1.54) is 6.07 Å². The quantitative estimate of drug-likeness (QED) is 0.692. The molecular weight excluding hydrogens is 208 g/mol. The lowest BCUT2D eigenvalue weighted by atomic mass is 10.1. The molecule has 4 N–H and O–H groups in total. The molecule has 1 rings (SSSR count). The Morgan fingerprint density at radius 1 is 1.44 bits per heavy atom. The number of carbonyl (C=O) groups excluding carboxylic acids is 1. The second kappa shape index (κ2) is 5.16. The summed E-state index contributed by atoms with van der Waals surface area (Å²) < 4.78 is 0. The SMILES string of the molecule is Cc1cc(NCCC(N)=O)ccc1C(=O)O. The smallest absolute Gasteiger partial charge is 0.335 e. The van der Waals surface area contributed by atoms with Crippen LogP contribution in [0, 0.1) is 6.92 Å². The molecule has 1 amide bonds. The van der Waals surface area contributed by atoms with Gasteiger partial charge in [-0.05, 0) is 30.7 Å². The maximum Gasteiger partial charge on any atom is 0.335 e. The van der Waals surface area contributed by atoms with Crippen molar-refractivity contribution in [3.05, 3.63) is 29.3 Å². The molecule has 0 atom stereocenters. The molecule has 0 bridgehead atoms. The number of hydrogen-bond donors (Lipinski definition) is 3. The Kier molecular flexibility index (Phi) is 3.88. The van der Waals surface area contributed by atoms with Crippen LogP contribution in [0.25, 0.3) is 0 Å². The van der Waals surface area contributed by atoms with E-state index in [1.807, 2.05) is 0 Å². The summed E-state index contributed by atoms with van der Waals surface area (Å²) in [4.78, 5) is 21.3. The molecule has 16 heavy (non-hydrogen) atoms. The number of nitrogens with one attached hydrogen (secondary N) is 1. The molecule has 0 fully saturated rings. The number of amides is 1. The van der Waals surface area contributed by atoms with Crippen LogP contribution in [0.2, 0.25) is 0 Å². The zero-order valence-electron chi connectivity index (χ0n) is 8.99. The highest BCUT2D eigenvalue weighted by Gasteiger charge is 2.06. The van der Waals surface area contributed by atoms with Crippen LogP contribution < -0.4 is 11.1 Å². The summed E-state index contributed by atoms with van der Waals surface area (Å²) in [5.74, 6) is -1.31. The summed E-state index contributed by atoms with van der Waals surface area (Å²) in [5.41, 5.74) is 6.73. The summed E-state index contributed by atoms with van der Waals surface area (Å²) in [5, 5.41) is 11.8. The number of carboxylic acid groups (broad SMARTS) is 1. The minimum atomic E-state index is -0.943. The first kappa shape index (κ1) is 12.0. The molecule has 0 unspecified atom stereocenters. The molecule has 0 heterocycles. The fraction of sp³-hybridized carbons (Fsp3) is 0.273. The molecule has 0 saturated carbocycles. The van der Waals surface area contributed by atoms with Crippen LogP contribution in [0.3, 0.4) is 0 Å². The number of hydrogen-bond acceptors (Lipinski definition) is 3. The zero-order valence-corrected chi connectivity index (χ0v) is 8.99. The van der Waals surface area contributed by atoms with Gasteiger partial charge in [-0.2, -0.15) is 0 Å². The van der Waals surface area contributed by atoms with Gasteiger partial charge in [-0.3, -0.25) is 4.79 Å². The third-order valence-electron chi connectivity index (χ3n) is 2.16. The van der Waals surface area contributed by atoms with Crippen LogP contribution in [0.15, 0.2) is 18.2 Å². The lowest BCUT2D eigenvalue weighted by Gasteiger charge is -2.07. The molecule has 0 radical (unpaired) electrons. The normalized spacial score (nSPS) is 9.81. The topological polar surface area (TPSA) is 92.4 Å². The van der Waals surface area contributed by atoms with Crippen LogP contribution in [0.4, 0.5) is 5.69 Å². The molecule has 0 aliphatic heterocycles. The van der Waals surface area contributed by atoms with E-state index in [9.17, 15) is 9.59 Å². The van der Waals surface area contributed by atoms with Gasteiger partial charge >= 0.3 is 5.97 Å². The molecule has 0 aliphatic carbocycles. The monoisotopic (exact) mass is 222 g/mol. The second-order valence-electron chi connectivity index (χ2n) is 3.48. The van der Waals surface area contributed by atoms with Gasteiger partial charge in [0.05, 0.1) is 5.56 Å². The van der Waals surface area contributed by atoms with Crippen LogP contribution in [0.5, 0.6) is 0 Å². The number of primary amides is 1. The molecule has 0 saturated heterocycles. The first-order valence-electron chi connectivity index (χ1n) is 4.87. The number of anilines is 1. The van der Waals surface area contributed by atoms with E-state index in [0.29, 0.717) is 12.1 Å². The van der Waals surface area contributed by atoms with Gasteiger partial charge in [-0.15, -0.1) is 0 Å². The summed E-state index contributed by atoms with van der Waals surface area (Å²) in [6, 6.07) is 4.92. The maximum absolute atomic E-state index is 10.8. The Balaban J connectivity index is 2.66. The van der Waals surface area contributed by atoms with Crippen molar-refractivity contribution in [2.24, 2.45) is 5.73 Å². The summed E-state index contributed by atoms with van der Waals surface area (Å²) in [6.45, 7) is 2.17. The van der Waals surface area contributed by atoms with Crippen molar-refractivity contribution < 1.29 is 14.7 Å². The number of aryl methyl sites for hydroxylation is 1. The number of nitrogens with two attached hydrogens (primary N) is 1. The number of aromatic carboxylic acids is 1. The van der Waals surface area contributed by atoms with Crippen molar-refractivity contribution in [3.63, 3.8) is 0 Å². The molecule has 5 nitrogen and oxygen atoms in total. The molecule has 0 aliphatic rings. The molecule has 0 spiro atoms. The van der Waals surface area contributed by atoms with E-state index in [4.69, 9.17) is 10.8 Å². The minimum Gasteiger partial charge on any atom is -0.478 e. The van der Waals surface area contributed by atoms with Crippen molar-refractivity contribution in [2.45, 2.75) is 13.3 Å². The molecule has 5 heteroatoms. The Labute approximate surface area is 93.3 Å². The summed E-state index contributed by atoms with van der Waals surface area (Å²) in [6.07, 6.45) is 0.250. The molecule has 1 aromatic carbocycles. The Morgan fingerprint density at radius 3 is 2.62 bits per heavy atom. The first-order chi connectivity index (χ1) is 7.50. The van der Waals surface area contributed by atoms with Crippen LogP contribution in [-0.2, 0) is 4.79 Å². The van der Waals surface area contributed by atoms with E-state index >= 15 is 0 Å². The van der Waals surface area contributed by atoms with Crippen LogP contribution >= 0.6 is 0 Å². The van der Waals surface area contributed by atoms with Gasteiger partial charge in [0.25, 0.3) is 0 Å². The predicted octanol–water partition coefficient (Wildman–Crippen LogP) is 0.981. The van der Waals surface area contributed by atoms with Crippen molar-refractivity contribution in [1.29, 1.82) is 0 Å².